The number of halogens is 2. The van der Waals surface area contributed by atoms with E-state index >= 15 is 0 Å². The van der Waals surface area contributed by atoms with Crippen molar-refractivity contribution >= 4 is 50.7 Å². The third kappa shape index (κ3) is 7.56. The summed E-state index contributed by atoms with van der Waals surface area (Å²) in [6, 6.07) is 17.6. The van der Waals surface area contributed by atoms with Crippen molar-refractivity contribution in [2.45, 2.75) is 58.0 Å². The molecule has 3 rings (SSSR count). The van der Waals surface area contributed by atoms with Crippen LogP contribution in [0.2, 0.25) is 10.0 Å². The number of hydrogen-bond donors (Lipinski definition) is 1. The first-order chi connectivity index (χ1) is 19.0. The standard InChI is InChI=1S/C30H35Cl2N3O4S/c1-5-17-33-30(37)22(4)34(19-24-13-14-25(31)18-27(24)32)29(36)20-35(28-10-8-7-9-23(28)6-2)40(38,39)26-15-11-21(3)12-16-26/h7-16,18,22H,5-6,17,19-20H2,1-4H3,(H,33,37)/t22-/m1/s1. The molecule has 0 saturated heterocycles. The number of nitrogens with zero attached hydrogens (tertiary/aromatic N) is 2. The summed E-state index contributed by atoms with van der Waals surface area (Å²) in [7, 11) is -4.14. The molecule has 1 N–H and O–H groups in total. The molecule has 3 aromatic carbocycles. The van der Waals surface area contributed by atoms with Crippen LogP contribution in [0.15, 0.2) is 71.6 Å². The van der Waals surface area contributed by atoms with E-state index in [1.807, 2.05) is 32.9 Å². The van der Waals surface area contributed by atoms with Gasteiger partial charge in [-0.2, -0.15) is 0 Å². The quantitative estimate of drug-likeness (QED) is 0.275. The van der Waals surface area contributed by atoms with Crippen LogP contribution in [-0.2, 0) is 32.6 Å². The number of anilines is 1. The fourth-order valence-electron chi connectivity index (χ4n) is 4.22. The van der Waals surface area contributed by atoms with Gasteiger partial charge < -0.3 is 10.2 Å². The number of carbonyl (C=O) groups is 2. The molecule has 3 aromatic rings. The number of sulfonamides is 1. The molecule has 214 valence electrons. The lowest BCUT2D eigenvalue weighted by molar-refractivity contribution is -0.139. The Hall–Kier alpha value is -3.07. The molecule has 0 aliphatic carbocycles. The molecule has 0 unspecified atom stereocenters. The van der Waals surface area contributed by atoms with E-state index in [9.17, 15) is 18.0 Å². The molecule has 0 bridgehead atoms. The van der Waals surface area contributed by atoms with E-state index in [1.54, 1.807) is 49.4 Å². The van der Waals surface area contributed by atoms with E-state index in [0.29, 0.717) is 34.3 Å². The first-order valence-electron chi connectivity index (χ1n) is 13.2. The second-order valence-electron chi connectivity index (χ2n) is 9.53. The molecule has 0 spiro atoms. The van der Waals surface area contributed by atoms with E-state index in [1.165, 1.54) is 17.0 Å². The minimum atomic E-state index is -4.14. The topological polar surface area (TPSA) is 86.8 Å². The van der Waals surface area contributed by atoms with Crippen molar-refractivity contribution in [3.8, 4) is 0 Å². The van der Waals surface area contributed by atoms with Gasteiger partial charge in [-0.25, -0.2) is 8.42 Å². The Labute approximate surface area is 247 Å². The second kappa shape index (κ2) is 14.0. The van der Waals surface area contributed by atoms with Gasteiger partial charge in [0.25, 0.3) is 10.0 Å². The highest BCUT2D eigenvalue weighted by atomic mass is 35.5. The fourth-order valence-corrected chi connectivity index (χ4v) is 6.14. The summed E-state index contributed by atoms with van der Waals surface area (Å²) in [5.41, 5.74) is 2.67. The highest BCUT2D eigenvalue weighted by molar-refractivity contribution is 7.92. The van der Waals surface area contributed by atoms with E-state index in [4.69, 9.17) is 23.2 Å². The van der Waals surface area contributed by atoms with Crippen LogP contribution in [0.5, 0.6) is 0 Å². The molecule has 0 aliphatic rings. The van der Waals surface area contributed by atoms with Gasteiger partial charge in [-0.1, -0.05) is 79.0 Å². The molecule has 2 amide bonds. The lowest BCUT2D eigenvalue weighted by atomic mass is 10.1. The predicted octanol–water partition coefficient (Wildman–Crippen LogP) is 6.00. The van der Waals surface area contributed by atoms with Crippen molar-refractivity contribution in [1.82, 2.24) is 10.2 Å². The first-order valence-corrected chi connectivity index (χ1v) is 15.4. The van der Waals surface area contributed by atoms with Crippen molar-refractivity contribution in [1.29, 1.82) is 0 Å². The Balaban J connectivity index is 2.08. The molecular weight excluding hydrogens is 569 g/mol. The molecule has 0 radical (unpaired) electrons. The van der Waals surface area contributed by atoms with Crippen molar-refractivity contribution in [2.75, 3.05) is 17.4 Å². The average molecular weight is 605 g/mol. The average Bonchev–Trinajstić information content (AvgIpc) is 2.93. The molecule has 7 nitrogen and oxygen atoms in total. The third-order valence-electron chi connectivity index (χ3n) is 6.60. The van der Waals surface area contributed by atoms with Crippen LogP contribution in [0.1, 0.15) is 43.9 Å². The van der Waals surface area contributed by atoms with Gasteiger partial charge in [-0.05, 0) is 68.1 Å². The van der Waals surface area contributed by atoms with Crippen LogP contribution in [0.25, 0.3) is 0 Å². The Kier molecular flexibility index (Phi) is 11.0. The van der Waals surface area contributed by atoms with Crippen LogP contribution >= 0.6 is 23.2 Å². The zero-order valence-corrected chi connectivity index (χ0v) is 25.5. The van der Waals surface area contributed by atoms with Crippen LogP contribution in [-0.4, -0.2) is 44.3 Å². The molecule has 1 atom stereocenters. The van der Waals surface area contributed by atoms with Crippen molar-refractivity contribution in [3.05, 3.63) is 93.5 Å². The van der Waals surface area contributed by atoms with Gasteiger partial charge in [0.1, 0.15) is 12.6 Å². The summed E-state index contributed by atoms with van der Waals surface area (Å²) in [5, 5.41) is 3.60. The van der Waals surface area contributed by atoms with Gasteiger partial charge in [0, 0.05) is 23.1 Å². The molecule has 40 heavy (non-hydrogen) atoms. The normalized spacial score (nSPS) is 12.1. The minimum absolute atomic E-state index is 0.0105. The lowest BCUT2D eigenvalue weighted by Crippen LogP contribution is -2.51. The van der Waals surface area contributed by atoms with E-state index in [-0.39, 0.29) is 17.3 Å². The summed E-state index contributed by atoms with van der Waals surface area (Å²) in [5.74, 6) is -0.894. The summed E-state index contributed by atoms with van der Waals surface area (Å²) < 4.78 is 29.1. The van der Waals surface area contributed by atoms with Crippen LogP contribution in [0.4, 0.5) is 5.69 Å². The van der Waals surface area contributed by atoms with Crippen LogP contribution in [0, 0.1) is 6.92 Å². The van der Waals surface area contributed by atoms with Gasteiger partial charge in [-0.15, -0.1) is 0 Å². The largest absolute Gasteiger partial charge is 0.354 e. The Bertz CT molecular complexity index is 1450. The third-order valence-corrected chi connectivity index (χ3v) is 8.96. The lowest BCUT2D eigenvalue weighted by Gasteiger charge is -2.32. The van der Waals surface area contributed by atoms with Crippen molar-refractivity contribution in [2.24, 2.45) is 0 Å². The highest BCUT2D eigenvalue weighted by Gasteiger charge is 2.33. The van der Waals surface area contributed by atoms with Crippen molar-refractivity contribution in [3.63, 3.8) is 0 Å². The molecule has 0 fully saturated rings. The molecular formula is C30H35Cl2N3O4S. The molecule has 0 aromatic heterocycles. The Morgan fingerprint density at radius 3 is 2.25 bits per heavy atom. The monoisotopic (exact) mass is 603 g/mol. The maximum Gasteiger partial charge on any atom is 0.264 e. The Morgan fingerprint density at radius 2 is 1.62 bits per heavy atom. The predicted molar refractivity (Wildman–Crippen MR) is 161 cm³/mol. The van der Waals surface area contributed by atoms with Gasteiger partial charge in [-0.3, -0.25) is 13.9 Å². The van der Waals surface area contributed by atoms with Crippen LogP contribution in [0.3, 0.4) is 0 Å². The Morgan fingerprint density at radius 1 is 0.950 bits per heavy atom. The van der Waals surface area contributed by atoms with Gasteiger partial charge >= 0.3 is 0 Å². The van der Waals surface area contributed by atoms with Crippen molar-refractivity contribution < 1.29 is 18.0 Å². The fraction of sp³-hybridized carbons (Fsp3) is 0.333. The number of para-hydroxylation sites is 1. The number of carbonyl (C=O) groups excluding carboxylic acids is 2. The SMILES string of the molecule is CCCNC(=O)[C@@H](C)N(Cc1ccc(Cl)cc1Cl)C(=O)CN(c1ccccc1CC)S(=O)(=O)c1ccc(C)cc1. The smallest absolute Gasteiger partial charge is 0.264 e. The number of nitrogens with one attached hydrogen (secondary N) is 1. The van der Waals surface area contributed by atoms with E-state index in [0.717, 1.165) is 21.9 Å². The molecule has 0 saturated carbocycles. The van der Waals surface area contributed by atoms with E-state index < -0.39 is 28.5 Å². The molecule has 10 heteroatoms. The highest BCUT2D eigenvalue weighted by Crippen LogP contribution is 2.29. The van der Waals surface area contributed by atoms with Gasteiger partial charge in [0.05, 0.1) is 10.6 Å². The zero-order chi connectivity index (χ0) is 29.4. The van der Waals surface area contributed by atoms with Gasteiger partial charge in [0.2, 0.25) is 11.8 Å². The summed E-state index contributed by atoms with van der Waals surface area (Å²) >= 11 is 12.5. The first kappa shape index (κ1) is 31.5. The number of amides is 2. The van der Waals surface area contributed by atoms with E-state index in [2.05, 4.69) is 5.32 Å². The number of hydrogen-bond acceptors (Lipinski definition) is 4. The van der Waals surface area contributed by atoms with Crippen LogP contribution < -0.4 is 9.62 Å². The zero-order valence-electron chi connectivity index (χ0n) is 23.2. The number of rotatable bonds is 12. The molecule has 0 heterocycles. The number of benzene rings is 3. The molecule has 0 aliphatic heterocycles. The number of aryl methyl sites for hydroxylation is 2. The maximum absolute atomic E-state index is 14.0. The summed E-state index contributed by atoms with van der Waals surface area (Å²) in [6.45, 7) is 7.27. The minimum Gasteiger partial charge on any atom is -0.354 e. The summed E-state index contributed by atoms with van der Waals surface area (Å²) in [6.07, 6.45) is 1.29. The summed E-state index contributed by atoms with van der Waals surface area (Å²) in [4.78, 5) is 28.4. The maximum atomic E-state index is 14.0. The van der Waals surface area contributed by atoms with Gasteiger partial charge in [0.15, 0.2) is 0 Å². The second-order valence-corrected chi connectivity index (χ2v) is 12.2.